The molecule has 22 heavy (non-hydrogen) atoms. The van der Waals surface area contributed by atoms with E-state index in [9.17, 15) is 5.11 Å². The molecule has 1 aromatic carbocycles. The Kier molecular flexibility index (Phi) is 3.74. The number of piperazine rings is 1. The van der Waals surface area contributed by atoms with Gasteiger partial charge in [-0.2, -0.15) is 0 Å². The summed E-state index contributed by atoms with van der Waals surface area (Å²) < 4.78 is 1.88. The average molecular weight is 303 g/mol. The Balaban J connectivity index is 1.91. The van der Waals surface area contributed by atoms with Crippen molar-refractivity contribution in [3.63, 3.8) is 0 Å². The summed E-state index contributed by atoms with van der Waals surface area (Å²) in [6.45, 7) is 8.20. The Bertz CT molecular complexity index is 665. The SMILES string of the molecule is CN1CCN(c2ccc3c(c2)nc(N)n3CC(C)(C)O)CC1. The van der Waals surface area contributed by atoms with Crippen LogP contribution in [0.4, 0.5) is 11.6 Å². The van der Waals surface area contributed by atoms with Gasteiger partial charge in [0.2, 0.25) is 5.95 Å². The van der Waals surface area contributed by atoms with E-state index >= 15 is 0 Å². The molecule has 0 unspecified atom stereocenters. The molecule has 0 aliphatic carbocycles. The quantitative estimate of drug-likeness (QED) is 0.890. The normalized spacial score (nSPS) is 17.4. The Morgan fingerprint density at radius 2 is 1.91 bits per heavy atom. The third-order valence-electron chi connectivity index (χ3n) is 4.17. The van der Waals surface area contributed by atoms with Gasteiger partial charge in [0.1, 0.15) is 0 Å². The van der Waals surface area contributed by atoms with Gasteiger partial charge in [0.25, 0.3) is 0 Å². The zero-order valence-corrected chi connectivity index (χ0v) is 13.6. The highest BCUT2D eigenvalue weighted by Gasteiger charge is 2.19. The van der Waals surface area contributed by atoms with Crippen molar-refractivity contribution in [1.29, 1.82) is 0 Å². The highest BCUT2D eigenvalue weighted by molar-refractivity contribution is 5.82. The van der Waals surface area contributed by atoms with Gasteiger partial charge >= 0.3 is 0 Å². The zero-order valence-electron chi connectivity index (χ0n) is 13.6. The van der Waals surface area contributed by atoms with E-state index in [1.165, 1.54) is 5.69 Å². The number of anilines is 2. The number of aliphatic hydroxyl groups is 1. The summed E-state index contributed by atoms with van der Waals surface area (Å²) >= 11 is 0. The Morgan fingerprint density at radius 1 is 1.23 bits per heavy atom. The van der Waals surface area contributed by atoms with Crippen molar-refractivity contribution in [3.8, 4) is 0 Å². The van der Waals surface area contributed by atoms with Crippen LogP contribution in [-0.4, -0.2) is 58.4 Å². The summed E-state index contributed by atoms with van der Waals surface area (Å²) in [5.74, 6) is 0.452. The fourth-order valence-electron chi connectivity index (χ4n) is 2.95. The van der Waals surface area contributed by atoms with E-state index in [-0.39, 0.29) is 0 Å². The van der Waals surface area contributed by atoms with Gasteiger partial charge in [-0.15, -0.1) is 0 Å². The molecule has 3 N–H and O–H groups in total. The molecule has 1 aliphatic heterocycles. The highest BCUT2D eigenvalue weighted by Crippen LogP contribution is 2.26. The molecule has 0 atom stereocenters. The summed E-state index contributed by atoms with van der Waals surface area (Å²) in [6.07, 6.45) is 0. The maximum Gasteiger partial charge on any atom is 0.201 e. The largest absolute Gasteiger partial charge is 0.389 e. The monoisotopic (exact) mass is 303 g/mol. The summed E-state index contributed by atoms with van der Waals surface area (Å²) in [6, 6.07) is 6.27. The van der Waals surface area contributed by atoms with Gasteiger partial charge in [-0.05, 0) is 39.1 Å². The van der Waals surface area contributed by atoms with Gasteiger partial charge in [0.15, 0.2) is 0 Å². The van der Waals surface area contributed by atoms with E-state index in [2.05, 4.69) is 40.0 Å². The minimum absolute atomic E-state index is 0.434. The third kappa shape index (κ3) is 3.03. The highest BCUT2D eigenvalue weighted by atomic mass is 16.3. The fourth-order valence-corrected chi connectivity index (χ4v) is 2.95. The van der Waals surface area contributed by atoms with Crippen molar-refractivity contribution in [2.24, 2.45) is 0 Å². The number of rotatable bonds is 3. The maximum absolute atomic E-state index is 10.0. The molecule has 0 spiro atoms. The molecule has 0 saturated carbocycles. The lowest BCUT2D eigenvalue weighted by Gasteiger charge is -2.34. The van der Waals surface area contributed by atoms with E-state index in [4.69, 9.17) is 5.73 Å². The third-order valence-corrected chi connectivity index (χ3v) is 4.17. The van der Waals surface area contributed by atoms with E-state index in [1.54, 1.807) is 13.8 Å². The molecule has 120 valence electrons. The molecule has 1 saturated heterocycles. The maximum atomic E-state index is 10.0. The molecular weight excluding hydrogens is 278 g/mol. The standard InChI is InChI=1S/C16H25N5O/c1-16(2,22)11-21-14-5-4-12(10-13(14)18-15(21)17)20-8-6-19(3)7-9-20/h4-5,10,22H,6-9,11H2,1-3H3,(H2,17,18). The molecule has 0 radical (unpaired) electrons. The second-order valence-corrected chi connectivity index (χ2v) is 6.83. The van der Waals surface area contributed by atoms with Crippen molar-refractivity contribution in [2.75, 3.05) is 43.9 Å². The second kappa shape index (κ2) is 5.44. The number of benzene rings is 1. The first-order chi connectivity index (χ1) is 10.3. The van der Waals surface area contributed by atoms with Crippen molar-refractivity contribution in [2.45, 2.75) is 26.0 Å². The summed E-state index contributed by atoms with van der Waals surface area (Å²) in [5, 5.41) is 10.0. The van der Waals surface area contributed by atoms with E-state index < -0.39 is 5.60 Å². The Morgan fingerprint density at radius 3 is 2.55 bits per heavy atom. The molecule has 3 rings (SSSR count). The number of fused-ring (bicyclic) bond motifs is 1. The predicted molar refractivity (Wildman–Crippen MR) is 90.2 cm³/mol. The fraction of sp³-hybridized carbons (Fsp3) is 0.562. The van der Waals surface area contributed by atoms with Crippen LogP contribution in [0.5, 0.6) is 0 Å². The van der Waals surface area contributed by atoms with Crippen molar-refractivity contribution < 1.29 is 5.11 Å². The Hall–Kier alpha value is -1.79. The minimum Gasteiger partial charge on any atom is -0.389 e. The van der Waals surface area contributed by atoms with Crippen LogP contribution in [0.2, 0.25) is 0 Å². The van der Waals surface area contributed by atoms with E-state index in [0.717, 1.165) is 37.2 Å². The topological polar surface area (TPSA) is 70.5 Å². The number of hydrogen-bond acceptors (Lipinski definition) is 5. The Labute approximate surface area is 131 Å². The van der Waals surface area contributed by atoms with Crippen LogP contribution < -0.4 is 10.6 Å². The molecule has 0 bridgehead atoms. The predicted octanol–water partition coefficient (Wildman–Crippen LogP) is 1.14. The number of likely N-dealkylation sites (N-methyl/N-ethyl adjacent to an activating group) is 1. The summed E-state index contributed by atoms with van der Waals surface area (Å²) in [5.41, 5.74) is 8.25. The molecule has 6 nitrogen and oxygen atoms in total. The van der Waals surface area contributed by atoms with Gasteiger partial charge in [0, 0.05) is 31.9 Å². The number of imidazole rings is 1. The lowest BCUT2D eigenvalue weighted by atomic mass is 10.1. The van der Waals surface area contributed by atoms with E-state index in [0.29, 0.717) is 12.5 Å². The second-order valence-electron chi connectivity index (χ2n) is 6.83. The van der Waals surface area contributed by atoms with Crippen LogP contribution in [0, 0.1) is 0 Å². The molecule has 2 aromatic rings. The zero-order chi connectivity index (χ0) is 15.9. The molecule has 0 amide bonds. The van der Waals surface area contributed by atoms with Crippen LogP contribution in [0.1, 0.15) is 13.8 Å². The van der Waals surface area contributed by atoms with Crippen LogP contribution in [0.25, 0.3) is 11.0 Å². The van der Waals surface area contributed by atoms with Gasteiger partial charge in [0.05, 0.1) is 23.2 Å². The van der Waals surface area contributed by atoms with Gasteiger partial charge < -0.3 is 25.2 Å². The van der Waals surface area contributed by atoms with Crippen molar-refractivity contribution in [3.05, 3.63) is 18.2 Å². The average Bonchev–Trinajstić information content (AvgIpc) is 2.73. The lowest BCUT2D eigenvalue weighted by Crippen LogP contribution is -2.44. The van der Waals surface area contributed by atoms with Crippen LogP contribution in [0.3, 0.4) is 0 Å². The lowest BCUT2D eigenvalue weighted by molar-refractivity contribution is 0.0633. The first kappa shape index (κ1) is 15.1. The van der Waals surface area contributed by atoms with E-state index in [1.807, 2.05) is 4.57 Å². The smallest absolute Gasteiger partial charge is 0.201 e. The van der Waals surface area contributed by atoms with Crippen LogP contribution in [-0.2, 0) is 6.54 Å². The number of aromatic nitrogens is 2. The van der Waals surface area contributed by atoms with Crippen LogP contribution in [0.15, 0.2) is 18.2 Å². The van der Waals surface area contributed by atoms with Gasteiger partial charge in [-0.3, -0.25) is 0 Å². The number of hydrogen-bond donors (Lipinski definition) is 2. The minimum atomic E-state index is -0.822. The van der Waals surface area contributed by atoms with Crippen LogP contribution >= 0.6 is 0 Å². The number of nitrogens with two attached hydrogens (primary N) is 1. The molecular formula is C16H25N5O. The summed E-state index contributed by atoms with van der Waals surface area (Å²) in [4.78, 5) is 9.18. The summed E-state index contributed by atoms with van der Waals surface area (Å²) in [7, 11) is 2.15. The molecule has 6 heteroatoms. The molecule has 1 fully saturated rings. The molecule has 2 heterocycles. The van der Waals surface area contributed by atoms with Crippen molar-refractivity contribution >= 4 is 22.7 Å². The molecule has 1 aliphatic rings. The first-order valence-electron chi connectivity index (χ1n) is 7.75. The number of nitrogens with zero attached hydrogens (tertiary/aromatic N) is 4. The van der Waals surface area contributed by atoms with Gasteiger partial charge in [-0.25, -0.2) is 4.98 Å². The number of nitrogen functional groups attached to an aromatic ring is 1. The first-order valence-corrected chi connectivity index (χ1v) is 7.75. The van der Waals surface area contributed by atoms with Gasteiger partial charge in [-0.1, -0.05) is 0 Å². The van der Waals surface area contributed by atoms with Crippen molar-refractivity contribution in [1.82, 2.24) is 14.5 Å². The molecule has 1 aromatic heterocycles.